The van der Waals surface area contributed by atoms with Crippen molar-refractivity contribution in [3.05, 3.63) is 48.1 Å². The van der Waals surface area contributed by atoms with Crippen LogP contribution in [0.2, 0.25) is 0 Å². The molecule has 0 bridgehead atoms. The normalized spacial score (nSPS) is 22.7. The van der Waals surface area contributed by atoms with Crippen LogP contribution in [0, 0.1) is 0 Å². The van der Waals surface area contributed by atoms with Crippen LogP contribution in [0.4, 0.5) is 0 Å². The first-order valence-electron chi connectivity index (χ1n) is 6.46. The van der Waals surface area contributed by atoms with E-state index in [-0.39, 0.29) is 18.6 Å². The van der Waals surface area contributed by atoms with Gasteiger partial charge in [0.2, 0.25) is 0 Å². The average molecular weight is 276 g/mol. The second-order valence-corrected chi connectivity index (χ2v) is 4.55. The Balaban J connectivity index is 2.48. The Bertz CT molecular complexity index is 474. The van der Waals surface area contributed by atoms with Crippen LogP contribution < -0.4 is 11.1 Å². The van der Waals surface area contributed by atoms with Crippen molar-refractivity contribution < 1.29 is 14.3 Å². The van der Waals surface area contributed by atoms with Crippen molar-refractivity contribution in [1.29, 1.82) is 0 Å². The molecule has 5 nitrogen and oxygen atoms in total. The molecule has 1 aliphatic carbocycles. The second-order valence-electron chi connectivity index (χ2n) is 4.55. The van der Waals surface area contributed by atoms with E-state index >= 15 is 0 Å². The molecule has 1 atom stereocenters. The lowest BCUT2D eigenvalue weighted by Crippen LogP contribution is -2.44. The quantitative estimate of drug-likeness (QED) is 0.734. The molecule has 20 heavy (non-hydrogen) atoms. The molecule has 0 saturated carbocycles. The predicted octanol–water partition coefficient (Wildman–Crippen LogP) is 0.990. The number of rotatable bonds is 5. The topological polar surface area (TPSA) is 81.4 Å². The summed E-state index contributed by atoms with van der Waals surface area (Å²) in [6, 6.07) is -0.866. The predicted molar refractivity (Wildman–Crippen MR) is 77.7 cm³/mol. The van der Waals surface area contributed by atoms with Crippen LogP contribution in [0.25, 0.3) is 0 Å². The molecule has 1 unspecified atom stereocenters. The fourth-order valence-corrected chi connectivity index (χ4v) is 1.43. The highest BCUT2D eigenvalue weighted by Crippen LogP contribution is 2.02. The van der Waals surface area contributed by atoms with Gasteiger partial charge in [0.1, 0.15) is 6.04 Å². The van der Waals surface area contributed by atoms with Crippen LogP contribution in [0.15, 0.2) is 48.1 Å². The van der Waals surface area contributed by atoms with Gasteiger partial charge in [-0.25, -0.2) is 0 Å². The molecular weight excluding hydrogens is 256 g/mol. The van der Waals surface area contributed by atoms with Gasteiger partial charge in [-0.2, -0.15) is 0 Å². The minimum atomic E-state index is -0.866. The number of hydrogen-bond donors (Lipinski definition) is 2. The summed E-state index contributed by atoms with van der Waals surface area (Å²) >= 11 is 0. The van der Waals surface area contributed by atoms with E-state index in [1.807, 2.05) is 18.2 Å². The SMILES string of the molecule is CC(C)OC(=O)C(N)CNC(=O)C1=C/C=C\C=C/C=C\1. The molecule has 1 rings (SSSR count). The molecule has 0 spiro atoms. The summed E-state index contributed by atoms with van der Waals surface area (Å²) in [5.74, 6) is -0.806. The molecule has 0 saturated heterocycles. The van der Waals surface area contributed by atoms with Gasteiger partial charge in [-0.05, 0) is 26.0 Å². The lowest BCUT2D eigenvalue weighted by atomic mass is 10.1. The Labute approximate surface area is 118 Å². The highest BCUT2D eigenvalue weighted by Gasteiger charge is 2.17. The number of carbonyl (C=O) groups is 2. The van der Waals surface area contributed by atoms with E-state index in [2.05, 4.69) is 5.32 Å². The minimum absolute atomic E-state index is 0.0368. The first-order valence-corrected chi connectivity index (χ1v) is 6.46. The summed E-state index contributed by atoms with van der Waals surface area (Å²) in [5, 5.41) is 2.61. The molecule has 0 fully saturated rings. The van der Waals surface area contributed by atoms with Gasteiger partial charge in [0, 0.05) is 12.1 Å². The first-order chi connectivity index (χ1) is 9.50. The molecule has 1 aliphatic rings. The zero-order valence-electron chi connectivity index (χ0n) is 11.7. The molecule has 1 amide bonds. The van der Waals surface area contributed by atoms with Gasteiger partial charge in [-0.3, -0.25) is 9.59 Å². The third-order valence-electron chi connectivity index (χ3n) is 2.40. The Kier molecular flexibility index (Phi) is 6.46. The van der Waals surface area contributed by atoms with Crippen LogP contribution in [0.5, 0.6) is 0 Å². The van der Waals surface area contributed by atoms with Gasteiger partial charge >= 0.3 is 5.97 Å². The number of amides is 1. The van der Waals surface area contributed by atoms with E-state index in [4.69, 9.17) is 10.5 Å². The summed E-state index contributed by atoms with van der Waals surface area (Å²) in [6.45, 7) is 3.52. The monoisotopic (exact) mass is 276 g/mol. The largest absolute Gasteiger partial charge is 0.462 e. The summed E-state index contributed by atoms with van der Waals surface area (Å²) in [5.41, 5.74) is 6.14. The molecule has 5 heteroatoms. The van der Waals surface area contributed by atoms with Crippen LogP contribution in [-0.4, -0.2) is 30.6 Å². The Morgan fingerprint density at radius 3 is 2.55 bits per heavy atom. The summed E-state index contributed by atoms with van der Waals surface area (Å²) in [7, 11) is 0. The highest BCUT2D eigenvalue weighted by molar-refractivity contribution is 5.96. The summed E-state index contributed by atoms with van der Waals surface area (Å²) < 4.78 is 4.96. The smallest absolute Gasteiger partial charge is 0.325 e. The van der Waals surface area contributed by atoms with Crippen molar-refractivity contribution in [1.82, 2.24) is 5.32 Å². The number of hydrogen-bond acceptors (Lipinski definition) is 4. The Morgan fingerprint density at radius 1 is 1.20 bits per heavy atom. The molecule has 0 aliphatic heterocycles. The van der Waals surface area contributed by atoms with Gasteiger partial charge < -0.3 is 15.8 Å². The molecule has 108 valence electrons. The average Bonchev–Trinajstić information content (AvgIpc) is 2.34. The standard InChI is InChI=1S/C15H20N2O3/c1-11(2)20-15(19)13(16)10-17-14(18)12-8-6-4-3-5-7-9-12/h3-9,11,13H,10,16H2,1-2H3,(H,17,18)/b4-3-,5-3?,6-4?,7-5-,8-6-,9-7?,12-8?,12-9+. The molecule has 0 aromatic carbocycles. The molecule has 0 heterocycles. The van der Waals surface area contributed by atoms with Crippen molar-refractivity contribution in [3.63, 3.8) is 0 Å². The van der Waals surface area contributed by atoms with E-state index in [1.54, 1.807) is 38.2 Å². The van der Waals surface area contributed by atoms with Gasteiger partial charge in [-0.15, -0.1) is 0 Å². The molecule has 3 N–H and O–H groups in total. The van der Waals surface area contributed by atoms with Crippen molar-refractivity contribution in [2.75, 3.05) is 6.54 Å². The molecule has 0 aromatic heterocycles. The second kappa shape index (κ2) is 8.12. The van der Waals surface area contributed by atoms with Crippen molar-refractivity contribution >= 4 is 11.9 Å². The third kappa shape index (κ3) is 5.67. The fourth-order valence-electron chi connectivity index (χ4n) is 1.43. The number of nitrogens with two attached hydrogens (primary N) is 1. The van der Waals surface area contributed by atoms with Crippen LogP contribution in [0.1, 0.15) is 13.8 Å². The number of allylic oxidation sites excluding steroid dienone is 6. The maximum absolute atomic E-state index is 11.9. The van der Waals surface area contributed by atoms with Crippen molar-refractivity contribution in [2.45, 2.75) is 26.0 Å². The van der Waals surface area contributed by atoms with Gasteiger partial charge in [0.25, 0.3) is 5.91 Å². The number of carbonyl (C=O) groups excluding carboxylic acids is 2. The number of nitrogens with one attached hydrogen (secondary N) is 1. The third-order valence-corrected chi connectivity index (χ3v) is 2.40. The Morgan fingerprint density at radius 2 is 1.85 bits per heavy atom. The first kappa shape index (κ1) is 15.9. The maximum Gasteiger partial charge on any atom is 0.325 e. The van der Waals surface area contributed by atoms with Crippen LogP contribution >= 0.6 is 0 Å². The van der Waals surface area contributed by atoms with Crippen LogP contribution in [0.3, 0.4) is 0 Å². The van der Waals surface area contributed by atoms with Crippen molar-refractivity contribution in [2.24, 2.45) is 5.73 Å². The van der Waals surface area contributed by atoms with Gasteiger partial charge in [-0.1, -0.05) is 30.4 Å². The van der Waals surface area contributed by atoms with E-state index in [9.17, 15) is 9.59 Å². The lowest BCUT2D eigenvalue weighted by molar-refractivity contribution is -0.148. The minimum Gasteiger partial charge on any atom is -0.462 e. The van der Waals surface area contributed by atoms with Gasteiger partial charge in [0.15, 0.2) is 0 Å². The summed E-state index contributed by atoms with van der Waals surface area (Å²) in [4.78, 5) is 23.4. The van der Waals surface area contributed by atoms with E-state index < -0.39 is 12.0 Å². The number of esters is 1. The lowest BCUT2D eigenvalue weighted by Gasteiger charge is -2.14. The van der Waals surface area contributed by atoms with Gasteiger partial charge in [0.05, 0.1) is 6.10 Å². The van der Waals surface area contributed by atoms with E-state index in [1.165, 1.54) is 0 Å². The zero-order valence-corrected chi connectivity index (χ0v) is 11.7. The number of ether oxygens (including phenoxy) is 1. The van der Waals surface area contributed by atoms with Crippen LogP contribution in [-0.2, 0) is 14.3 Å². The maximum atomic E-state index is 11.9. The summed E-state index contributed by atoms with van der Waals surface area (Å²) in [6.07, 6.45) is 12.2. The fraction of sp³-hybridized carbons (Fsp3) is 0.333. The molecule has 0 aromatic rings. The highest BCUT2D eigenvalue weighted by atomic mass is 16.5. The molecule has 0 radical (unpaired) electrons. The van der Waals surface area contributed by atoms with E-state index in [0.717, 1.165) is 0 Å². The van der Waals surface area contributed by atoms with Crippen molar-refractivity contribution in [3.8, 4) is 0 Å². The Hall–Kier alpha value is -2.14. The zero-order chi connectivity index (χ0) is 15.0. The van der Waals surface area contributed by atoms with E-state index in [0.29, 0.717) is 5.57 Å². The molecular formula is C15H20N2O3.